The largest absolute Gasteiger partial charge is 0.407 e. The summed E-state index contributed by atoms with van der Waals surface area (Å²) in [6.45, 7) is 0. The summed E-state index contributed by atoms with van der Waals surface area (Å²) < 4.78 is 82.6. The van der Waals surface area contributed by atoms with Gasteiger partial charge in [0, 0.05) is 12.3 Å². The normalized spacial score (nSPS) is 20.4. The minimum atomic E-state index is -4.92. The van der Waals surface area contributed by atoms with Gasteiger partial charge < -0.3 is 5.32 Å². The summed E-state index contributed by atoms with van der Waals surface area (Å²) in [7, 11) is 0. The Balaban J connectivity index is 1.85. The lowest BCUT2D eigenvalue weighted by molar-refractivity contribution is -0.163. The fourth-order valence-corrected chi connectivity index (χ4v) is 3.12. The zero-order chi connectivity index (χ0) is 21.4. The van der Waals surface area contributed by atoms with Gasteiger partial charge in [-0.2, -0.15) is 18.4 Å². The Labute approximate surface area is 163 Å². The van der Waals surface area contributed by atoms with Gasteiger partial charge >= 0.3 is 6.18 Å². The topological polar surface area (TPSA) is 64.9 Å². The lowest BCUT2D eigenvalue weighted by atomic mass is 9.99. The number of halogens is 6. The zero-order valence-electron chi connectivity index (χ0n) is 15.2. The zero-order valence-corrected chi connectivity index (χ0v) is 15.2. The number of amides is 1. The van der Waals surface area contributed by atoms with Gasteiger partial charge in [-0.15, -0.1) is 0 Å². The Kier molecular flexibility index (Phi) is 5.56. The summed E-state index contributed by atoms with van der Waals surface area (Å²) in [4.78, 5) is 12.5. The average molecular weight is 419 g/mol. The van der Waals surface area contributed by atoms with Crippen molar-refractivity contribution in [2.75, 3.05) is 0 Å². The fraction of sp³-hybridized carbons (Fsp3) is 0.579. The molecule has 2 aliphatic carbocycles. The third-order valence-corrected chi connectivity index (χ3v) is 5.19. The minimum absolute atomic E-state index is 0.240. The highest BCUT2D eigenvalue weighted by atomic mass is 19.4. The van der Waals surface area contributed by atoms with E-state index in [2.05, 4.69) is 5.32 Å². The van der Waals surface area contributed by atoms with Crippen LogP contribution in [0.4, 0.5) is 26.3 Å². The second-order valence-electron chi connectivity index (χ2n) is 7.67. The van der Waals surface area contributed by atoms with Gasteiger partial charge in [0.1, 0.15) is 17.4 Å². The molecule has 1 aromatic carbocycles. The number of nitrogens with one attached hydrogen (secondary N) is 2. The second-order valence-corrected chi connectivity index (χ2v) is 7.67. The first-order chi connectivity index (χ1) is 13.5. The van der Waals surface area contributed by atoms with E-state index in [4.69, 9.17) is 5.26 Å². The van der Waals surface area contributed by atoms with Gasteiger partial charge in [0.2, 0.25) is 5.91 Å². The number of hydrogen-bond acceptors (Lipinski definition) is 3. The van der Waals surface area contributed by atoms with Crippen LogP contribution < -0.4 is 10.6 Å². The van der Waals surface area contributed by atoms with Gasteiger partial charge in [0.15, 0.2) is 0 Å². The Morgan fingerprint density at radius 1 is 1.17 bits per heavy atom. The maximum Gasteiger partial charge on any atom is 0.407 e. The van der Waals surface area contributed by atoms with Gasteiger partial charge in [0.25, 0.3) is 5.92 Å². The molecule has 3 rings (SSSR count). The van der Waals surface area contributed by atoms with Crippen molar-refractivity contribution in [3.8, 4) is 6.07 Å². The Morgan fingerprint density at radius 3 is 2.21 bits per heavy atom. The molecule has 0 radical (unpaired) electrons. The molecule has 1 unspecified atom stereocenters. The monoisotopic (exact) mass is 419 g/mol. The van der Waals surface area contributed by atoms with Crippen molar-refractivity contribution in [3.63, 3.8) is 0 Å². The summed E-state index contributed by atoms with van der Waals surface area (Å²) >= 11 is 0. The number of benzene rings is 1. The molecule has 0 saturated heterocycles. The molecule has 10 heteroatoms. The van der Waals surface area contributed by atoms with Crippen LogP contribution in [0.1, 0.15) is 43.7 Å². The van der Waals surface area contributed by atoms with Gasteiger partial charge in [-0.1, -0.05) is 12.1 Å². The van der Waals surface area contributed by atoms with Crippen molar-refractivity contribution in [1.29, 1.82) is 5.26 Å². The van der Waals surface area contributed by atoms with Crippen molar-refractivity contribution in [2.24, 2.45) is 5.92 Å². The maximum atomic E-state index is 14.3. The lowest BCUT2D eigenvalue weighted by Crippen LogP contribution is -2.53. The van der Waals surface area contributed by atoms with Gasteiger partial charge in [-0.25, -0.2) is 13.2 Å². The summed E-state index contributed by atoms with van der Waals surface area (Å²) in [5, 5.41) is 13.4. The van der Waals surface area contributed by atoms with E-state index in [-0.39, 0.29) is 12.8 Å². The molecule has 2 aliphatic rings. The van der Waals surface area contributed by atoms with Crippen LogP contribution in [0, 0.1) is 23.1 Å². The number of carbonyl (C=O) groups is 1. The average Bonchev–Trinajstić information content (AvgIpc) is 3.52. The predicted octanol–water partition coefficient (Wildman–Crippen LogP) is 4.00. The highest BCUT2D eigenvalue weighted by Gasteiger charge is 2.52. The molecule has 158 valence electrons. The molecule has 1 amide bonds. The first kappa shape index (κ1) is 21.4. The number of alkyl halides is 5. The van der Waals surface area contributed by atoms with Crippen molar-refractivity contribution in [1.82, 2.24) is 10.6 Å². The van der Waals surface area contributed by atoms with E-state index in [1.807, 2.05) is 11.4 Å². The molecule has 2 fully saturated rings. The van der Waals surface area contributed by atoms with E-state index in [9.17, 15) is 31.1 Å². The highest BCUT2D eigenvalue weighted by molar-refractivity contribution is 5.83. The smallest absolute Gasteiger partial charge is 0.336 e. The standard InChI is InChI=1S/C19H19F6N3O/c20-13-5-1-11(2-6-13)15(19(23,24)25)27-14(9-18(21,22)12-3-4-12)16(29)28-17(10-26)7-8-17/h1-2,5-6,12,14-15,27H,3-4,7-9H2,(H,28,29)/t14-,15?/m0/s1. The summed E-state index contributed by atoms with van der Waals surface area (Å²) in [5.74, 6) is -6.13. The third kappa shape index (κ3) is 5.21. The van der Waals surface area contributed by atoms with E-state index in [1.165, 1.54) is 0 Å². The van der Waals surface area contributed by atoms with E-state index in [1.54, 1.807) is 0 Å². The van der Waals surface area contributed by atoms with Crippen LogP contribution in [0.3, 0.4) is 0 Å². The van der Waals surface area contributed by atoms with Crippen molar-refractivity contribution < 1.29 is 31.1 Å². The Bertz CT molecular complexity index is 794. The molecular formula is C19H19F6N3O. The number of hydrogen-bond donors (Lipinski definition) is 2. The van der Waals surface area contributed by atoms with Crippen LogP contribution in [0.2, 0.25) is 0 Å². The summed E-state index contributed by atoms with van der Waals surface area (Å²) in [6.07, 6.45) is -4.95. The second kappa shape index (κ2) is 7.52. The Morgan fingerprint density at radius 2 is 1.76 bits per heavy atom. The van der Waals surface area contributed by atoms with Crippen molar-refractivity contribution in [3.05, 3.63) is 35.6 Å². The number of nitrogens with zero attached hydrogens (tertiary/aromatic N) is 1. The molecule has 2 saturated carbocycles. The van der Waals surface area contributed by atoms with Gasteiger partial charge in [-0.3, -0.25) is 10.1 Å². The molecule has 29 heavy (non-hydrogen) atoms. The third-order valence-electron chi connectivity index (χ3n) is 5.19. The van der Waals surface area contributed by atoms with Crippen LogP contribution >= 0.6 is 0 Å². The fourth-order valence-electron chi connectivity index (χ4n) is 3.12. The minimum Gasteiger partial charge on any atom is -0.336 e. The quantitative estimate of drug-likeness (QED) is 0.627. The summed E-state index contributed by atoms with van der Waals surface area (Å²) in [5.41, 5.74) is -1.62. The van der Waals surface area contributed by atoms with Gasteiger partial charge in [-0.05, 0) is 43.4 Å². The van der Waals surface area contributed by atoms with Gasteiger partial charge in [0.05, 0.1) is 12.1 Å². The molecule has 2 N–H and O–H groups in total. The van der Waals surface area contributed by atoms with E-state index >= 15 is 0 Å². The van der Waals surface area contributed by atoms with Crippen molar-refractivity contribution >= 4 is 5.91 Å². The molecule has 2 atom stereocenters. The first-order valence-electron chi connectivity index (χ1n) is 9.15. The van der Waals surface area contributed by atoms with Crippen LogP contribution in [-0.4, -0.2) is 29.6 Å². The lowest BCUT2D eigenvalue weighted by Gasteiger charge is -2.30. The van der Waals surface area contributed by atoms with Crippen molar-refractivity contribution in [2.45, 2.75) is 61.8 Å². The van der Waals surface area contributed by atoms with Crippen LogP contribution in [0.15, 0.2) is 24.3 Å². The number of nitriles is 1. The van der Waals surface area contributed by atoms with E-state index in [0.717, 1.165) is 24.3 Å². The molecule has 0 bridgehead atoms. The Hall–Kier alpha value is -2.28. The molecule has 0 aliphatic heterocycles. The number of rotatable bonds is 8. The van der Waals surface area contributed by atoms with Crippen LogP contribution in [0.5, 0.6) is 0 Å². The SMILES string of the molecule is N#CC1(NC(=O)[C@H](CC(F)(F)C2CC2)NC(c2ccc(F)cc2)C(F)(F)F)CC1. The van der Waals surface area contributed by atoms with E-state index < -0.39 is 59.3 Å². The summed E-state index contributed by atoms with van der Waals surface area (Å²) in [6, 6.07) is 0.911. The molecule has 0 spiro atoms. The van der Waals surface area contributed by atoms with Crippen LogP contribution in [-0.2, 0) is 4.79 Å². The van der Waals surface area contributed by atoms with E-state index in [0.29, 0.717) is 12.8 Å². The predicted molar refractivity (Wildman–Crippen MR) is 90.1 cm³/mol. The molecule has 4 nitrogen and oxygen atoms in total. The molecule has 1 aromatic rings. The highest BCUT2D eigenvalue weighted by Crippen LogP contribution is 2.46. The first-order valence-corrected chi connectivity index (χ1v) is 9.15. The molecule has 0 aromatic heterocycles. The molecule has 0 heterocycles. The number of carbonyl (C=O) groups excluding carboxylic acids is 1. The van der Waals surface area contributed by atoms with Crippen LogP contribution in [0.25, 0.3) is 0 Å². The molecular weight excluding hydrogens is 400 g/mol. The maximum absolute atomic E-state index is 14.3.